The first kappa shape index (κ1) is 10.8. The zero-order chi connectivity index (χ0) is 11.7. The van der Waals surface area contributed by atoms with Crippen molar-refractivity contribution in [2.45, 2.75) is 0 Å². The van der Waals surface area contributed by atoms with Crippen LogP contribution in [-0.2, 0) is 0 Å². The van der Waals surface area contributed by atoms with Crippen molar-refractivity contribution < 1.29 is 18.0 Å². The number of rotatable bonds is 2. The van der Waals surface area contributed by atoms with Gasteiger partial charge in [0.2, 0.25) is 5.78 Å². The van der Waals surface area contributed by atoms with E-state index in [4.69, 9.17) is 16.0 Å². The summed E-state index contributed by atoms with van der Waals surface area (Å²) in [5.74, 6) is -2.79. The Morgan fingerprint density at radius 2 is 1.94 bits per heavy atom. The molecule has 0 fully saturated rings. The van der Waals surface area contributed by atoms with Crippen LogP contribution < -0.4 is 0 Å². The maximum absolute atomic E-state index is 12.9. The molecule has 16 heavy (non-hydrogen) atoms. The van der Waals surface area contributed by atoms with Crippen molar-refractivity contribution in [2.75, 3.05) is 0 Å². The van der Waals surface area contributed by atoms with Gasteiger partial charge in [0, 0.05) is 5.56 Å². The molecule has 0 aliphatic rings. The van der Waals surface area contributed by atoms with Crippen LogP contribution >= 0.6 is 11.6 Å². The summed E-state index contributed by atoms with van der Waals surface area (Å²) in [7, 11) is 0. The lowest BCUT2D eigenvalue weighted by atomic mass is 10.1. The van der Waals surface area contributed by atoms with Gasteiger partial charge in [-0.1, -0.05) is 11.6 Å². The predicted octanol–water partition coefficient (Wildman–Crippen LogP) is 3.44. The highest BCUT2D eigenvalue weighted by Crippen LogP contribution is 2.22. The Hall–Kier alpha value is -1.68. The molecule has 5 heteroatoms. The molecule has 0 aliphatic carbocycles. The smallest absolute Gasteiger partial charge is 0.229 e. The van der Waals surface area contributed by atoms with Crippen LogP contribution in [0.1, 0.15) is 16.1 Å². The van der Waals surface area contributed by atoms with Crippen molar-refractivity contribution in [2.24, 2.45) is 0 Å². The number of benzene rings is 1. The minimum atomic E-state index is -1.13. The van der Waals surface area contributed by atoms with Crippen LogP contribution in [0.15, 0.2) is 34.9 Å². The summed E-state index contributed by atoms with van der Waals surface area (Å²) in [6, 6.07) is 4.44. The molecular weight excluding hydrogens is 238 g/mol. The number of hydrogen-bond donors (Lipinski definition) is 0. The fourth-order valence-corrected chi connectivity index (χ4v) is 1.47. The first-order chi connectivity index (χ1) is 7.59. The standard InChI is InChI=1S/C11H5ClF2O2/c12-7-5-9(14)8(13)4-6(7)11(15)10-2-1-3-16-10/h1-5H. The molecule has 0 unspecified atom stereocenters. The van der Waals surface area contributed by atoms with Crippen LogP contribution in [0.2, 0.25) is 5.02 Å². The quantitative estimate of drug-likeness (QED) is 0.596. The molecule has 0 aliphatic heterocycles. The van der Waals surface area contributed by atoms with Crippen LogP contribution in [-0.4, -0.2) is 5.78 Å². The minimum Gasteiger partial charge on any atom is -0.461 e. The van der Waals surface area contributed by atoms with Crippen LogP contribution in [0.5, 0.6) is 0 Å². The van der Waals surface area contributed by atoms with Crippen molar-refractivity contribution >= 4 is 17.4 Å². The summed E-state index contributed by atoms with van der Waals surface area (Å²) in [6.07, 6.45) is 1.31. The van der Waals surface area contributed by atoms with Crippen LogP contribution in [0, 0.1) is 11.6 Å². The van der Waals surface area contributed by atoms with Crippen LogP contribution in [0.25, 0.3) is 0 Å². The van der Waals surface area contributed by atoms with E-state index in [0.29, 0.717) is 0 Å². The van der Waals surface area contributed by atoms with Gasteiger partial charge in [0.05, 0.1) is 11.3 Å². The Balaban J connectivity index is 2.49. The van der Waals surface area contributed by atoms with E-state index in [0.717, 1.165) is 12.1 Å². The Kier molecular flexibility index (Phi) is 2.75. The van der Waals surface area contributed by atoms with Gasteiger partial charge in [-0.2, -0.15) is 0 Å². The Morgan fingerprint density at radius 3 is 2.56 bits per heavy atom. The summed E-state index contributed by atoms with van der Waals surface area (Å²) in [6.45, 7) is 0. The summed E-state index contributed by atoms with van der Waals surface area (Å²) in [4.78, 5) is 11.7. The molecule has 0 saturated carbocycles. The van der Waals surface area contributed by atoms with Crippen molar-refractivity contribution in [3.05, 3.63) is 58.5 Å². The number of carbonyl (C=O) groups is 1. The molecule has 2 rings (SSSR count). The average Bonchev–Trinajstić information content (AvgIpc) is 2.75. The Bertz CT molecular complexity index is 535. The van der Waals surface area contributed by atoms with E-state index in [1.54, 1.807) is 0 Å². The highest BCUT2D eigenvalue weighted by atomic mass is 35.5. The number of furan rings is 1. The zero-order valence-corrected chi connectivity index (χ0v) is 8.59. The number of ketones is 1. The molecule has 2 aromatic rings. The average molecular weight is 243 g/mol. The van der Waals surface area contributed by atoms with Gasteiger partial charge in [-0.3, -0.25) is 4.79 Å². The lowest BCUT2D eigenvalue weighted by Crippen LogP contribution is -2.02. The third kappa shape index (κ3) is 1.84. The molecular formula is C11H5ClF2O2. The van der Waals surface area contributed by atoms with E-state index in [-0.39, 0.29) is 16.3 Å². The molecule has 0 atom stereocenters. The molecule has 2 nitrogen and oxygen atoms in total. The third-order valence-corrected chi connectivity index (χ3v) is 2.31. The van der Waals surface area contributed by atoms with Crippen molar-refractivity contribution in [3.63, 3.8) is 0 Å². The molecule has 0 saturated heterocycles. The number of carbonyl (C=O) groups excluding carboxylic acids is 1. The molecule has 0 N–H and O–H groups in total. The second-order valence-corrected chi connectivity index (χ2v) is 3.46. The fraction of sp³-hybridized carbons (Fsp3) is 0. The largest absolute Gasteiger partial charge is 0.461 e. The molecule has 0 amide bonds. The molecule has 1 heterocycles. The third-order valence-electron chi connectivity index (χ3n) is 2.00. The van der Waals surface area contributed by atoms with Gasteiger partial charge in [-0.05, 0) is 24.3 Å². The molecule has 0 spiro atoms. The summed E-state index contributed by atoms with van der Waals surface area (Å²) in [5, 5.41) is -0.152. The molecule has 0 bridgehead atoms. The van der Waals surface area contributed by atoms with Gasteiger partial charge in [-0.25, -0.2) is 8.78 Å². The molecule has 82 valence electrons. The second kappa shape index (κ2) is 4.06. The first-order valence-corrected chi connectivity index (χ1v) is 4.70. The van der Waals surface area contributed by atoms with Gasteiger partial charge < -0.3 is 4.42 Å². The van der Waals surface area contributed by atoms with E-state index >= 15 is 0 Å². The molecule has 1 aromatic carbocycles. The van der Waals surface area contributed by atoms with E-state index in [1.807, 2.05) is 0 Å². The monoisotopic (exact) mass is 242 g/mol. The van der Waals surface area contributed by atoms with Gasteiger partial charge in [0.15, 0.2) is 17.4 Å². The molecule has 1 aromatic heterocycles. The maximum atomic E-state index is 12.9. The maximum Gasteiger partial charge on any atom is 0.229 e. The highest BCUT2D eigenvalue weighted by Gasteiger charge is 2.18. The van der Waals surface area contributed by atoms with Crippen molar-refractivity contribution in [3.8, 4) is 0 Å². The lowest BCUT2D eigenvalue weighted by molar-refractivity contribution is 0.101. The normalized spacial score (nSPS) is 10.4. The van der Waals surface area contributed by atoms with Gasteiger partial charge in [0.25, 0.3) is 0 Å². The first-order valence-electron chi connectivity index (χ1n) is 4.32. The summed E-state index contributed by atoms with van der Waals surface area (Å²) < 4.78 is 30.6. The van der Waals surface area contributed by atoms with E-state index < -0.39 is 17.4 Å². The summed E-state index contributed by atoms with van der Waals surface area (Å²) >= 11 is 5.64. The van der Waals surface area contributed by atoms with Crippen LogP contribution in [0.4, 0.5) is 8.78 Å². The van der Waals surface area contributed by atoms with Crippen molar-refractivity contribution in [1.29, 1.82) is 0 Å². The summed E-state index contributed by atoms with van der Waals surface area (Å²) in [5.41, 5.74) is -0.129. The van der Waals surface area contributed by atoms with E-state index in [1.165, 1.54) is 18.4 Å². The number of hydrogen-bond acceptors (Lipinski definition) is 2. The predicted molar refractivity (Wildman–Crippen MR) is 53.5 cm³/mol. The fourth-order valence-electron chi connectivity index (χ4n) is 1.24. The Labute approximate surface area is 94.4 Å². The van der Waals surface area contributed by atoms with Crippen LogP contribution in [0.3, 0.4) is 0 Å². The van der Waals surface area contributed by atoms with E-state index in [2.05, 4.69) is 0 Å². The zero-order valence-electron chi connectivity index (χ0n) is 7.84. The highest BCUT2D eigenvalue weighted by molar-refractivity contribution is 6.34. The lowest BCUT2D eigenvalue weighted by Gasteiger charge is -2.02. The van der Waals surface area contributed by atoms with Gasteiger partial charge in [0.1, 0.15) is 0 Å². The topological polar surface area (TPSA) is 30.2 Å². The minimum absolute atomic E-state index is 0.0212. The Morgan fingerprint density at radius 1 is 1.25 bits per heavy atom. The molecule has 0 radical (unpaired) electrons. The van der Waals surface area contributed by atoms with Gasteiger partial charge in [-0.15, -0.1) is 0 Å². The van der Waals surface area contributed by atoms with E-state index in [9.17, 15) is 13.6 Å². The SMILES string of the molecule is O=C(c1ccco1)c1cc(F)c(F)cc1Cl. The number of halogens is 3. The van der Waals surface area contributed by atoms with Gasteiger partial charge >= 0.3 is 0 Å². The second-order valence-electron chi connectivity index (χ2n) is 3.05. The van der Waals surface area contributed by atoms with Crippen molar-refractivity contribution in [1.82, 2.24) is 0 Å².